The second kappa shape index (κ2) is 7.61. The number of carbonyl (C=O) groups is 2. The maximum Gasteiger partial charge on any atom is 0.251 e. The Morgan fingerprint density at radius 3 is 2.50 bits per heavy atom. The highest BCUT2D eigenvalue weighted by Gasteiger charge is 2.11. The summed E-state index contributed by atoms with van der Waals surface area (Å²) >= 11 is 0. The molecule has 0 spiro atoms. The molecule has 1 atom stereocenters. The second-order valence-electron chi connectivity index (χ2n) is 4.17. The van der Waals surface area contributed by atoms with E-state index in [-0.39, 0.29) is 17.8 Å². The highest BCUT2D eigenvalue weighted by Crippen LogP contribution is 2.02. The first-order valence-electron chi connectivity index (χ1n) is 5.99. The van der Waals surface area contributed by atoms with Crippen molar-refractivity contribution in [2.75, 3.05) is 13.7 Å². The zero-order valence-electron chi connectivity index (χ0n) is 10.8. The quantitative estimate of drug-likeness (QED) is 0.801. The van der Waals surface area contributed by atoms with Gasteiger partial charge in [0.1, 0.15) is 5.78 Å². The van der Waals surface area contributed by atoms with E-state index >= 15 is 0 Å². The normalized spacial score (nSPS) is 11.9. The number of amides is 1. The van der Waals surface area contributed by atoms with Gasteiger partial charge in [0.2, 0.25) is 0 Å². The summed E-state index contributed by atoms with van der Waals surface area (Å²) in [5, 5.41) is 2.80. The number of nitrogens with one attached hydrogen (secondary N) is 1. The Hall–Kier alpha value is -1.68. The van der Waals surface area contributed by atoms with Crippen molar-refractivity contribution in [2.24, 2.45) is 0 Å². The molecule has 0 fully saturated rings. The molecule has 4 nitrogen and oxygen atoms in total. The zero-order chi connectivity index (χ0) is 13.4. The van der Waals surface area contributed by atoms with Crippen molar-refractivity contribution >= 4 is 11.7 Å². The summed E-state index contributed by atoms with van der Waals surface area (Å²) in [7, 11) is 1.58. The van der Waals surface area contributed by atoms with E-state index in [1.807, 2.05) is 18.2 Å². The predicted octanol–water partition coefficient (Wildman–Crippen LogP) is 1.80. The van der Waals surface area contributed by atoms with Crippen LogP contribution in [0.3, 0.4) is 0 Å². The number of carbonyl (C=O) groups excluding carboxylic acids is 2. The van der Waals surface area contributed by atoms with Gasteiger partial charge in [-0.3, -0.25) is 4.79 Å². The minimum absolute atomic E-state index is 0.124. The monoisotopic (exact) mass is 249 g/mol. The third-order valence-electron chi connectivity index (χ3n) is 2.68. The van der Waals surface area contributed by atoms with Gasteiger partial charge in [-0.15, -0.1) is 0 Å². The lowest BCUT2D eigenvalue weighted by Gasteiger charge is -2.15. The molecule has 0 aliphatic carbocycles. The smallest absolute Gasteiger partial charge is 0.251 e. The molecule has 1 aromatic rings. The van der Waals surface area contributed by atoms with Crippen LogP contribution in [0.25, 0.3) is 0 Å². The average Bonchev–Trinajstić information content (AvgIpc) is 2.39. The van der Waals surface area contributed by atoms with Crippen molar-refractivity contribution in [2.45, 2.75) is 25.9 Å². The van der Waals surface area contributed by atoms with Gasteiger partial charge in [0.15, 0.2) is 0 Å². The van der Waals surface area contributed by atoms with Crippen molar-refractivity contribution in [1.82, 2.24) is 5.32 Å². The molecular weight excluding hydrogens is 230 g/mol. The fourth-order valence-corrected chi connectivity index (χ4v) is 1.57. The van der Waals surface area contributed by atoms with Crippen molar-refractivity contribution in [3.63, 3.8) is 0 Å². The Balaban J connectivity index is 2.38. The molecule has 1 amide bonds. The summed E-state index contributed by atoms with van der Waals surface area (Å²) in [5.41, 5.74) is 0.624. The van der Waals surface area contributed by atoms with Gasteiger partial charge in [0.25, 0.3) is 5.91 Å². The van der Waals surface area contributed by atoms with E-state index < -0.39 is 0 Å². The van der Waals surface area contributed by atoms with Gasteiger partial charge in [-0.05, 0) is 25.5 Å². The Morgan fingerprint density at radius 2 is 1.94 bits per heavy atom. The van der Waals surface area contributed by atoms with Crippen LogP contribution >= 0.6 is 0 Å². The van der Waals surface area contributed by atoms with Gasteiger partial charge in [0, 0.05) is 25.6 Å². The van der Waals surface area contributed by atoms with Crippen molar-refractivity contribution in [3.8, 4) is 0 Å². The lowest BCUT2D eigenvalue weighted by molar-refractivity contribution is -0.117. The van der Waals surface area contributed by atoms with Gasteiger partial charge in [-0.2, -0.15) is 0 Å². The highest BCUT2D eigenvalue weighted by atomic mass is 16.5. The van der Waals surface area contributed by atoms with Crippen LogP contribution in [0.1, 0.15) is 30.1 Å². The topological polar surface area (TPSA) is 55.4 Å². The molecule has 1 rings (SSSR count). The Labute approximate surface area is 107 Å². The van der Waals surface area contributed by atoms with E-state index in [1.54, 1.807) is 26.2 Å². The highest BCUT2D eigenvalue weighted by molar-refractivity contribution is 5.94. The Bertz CT molecular complexity index is 389. The first kappa shape index (κ1) is 14.4. The van der Waals surface area contributed by atoms with Crippen LogP contribution in [0, 0.1) is 0 Å². The molecule has 0 aliphatic rings. The predicted molar refractivity (Wildman–Crippen MR) is 69.5 cm³/mol. The van der Waals surface area contributed by atoms with E-state index in [0.717, 1.165) is 0 Å². The molecule has 1 N–H and O–H groups in total. The van der Waals surface area contributed by atoms with Crippen LogP contribution in [0.5, 0.6) is 0 Å². The number of hydrogen-bond acceptors (Lipinski definition) is 3. The molecular formula is C14H19NO3. The molecule has 1 unspecified atom stereocenters. The van der Waals surface area contributed by atoms with Gasteiger partial charge in [0.05, 0.1) is 6.10 Å². The third kappa shape index (κ3) is 5.10. The minimum Gasteiger partial charge on any atom is -0.380 e. The maximum absolute atomic E-state index is 11.8. The number of hydrogen-bond donors (Lipinski definition) is 1. The number of ether oxygens (including phenoxy) is 1. The number of Topliss-reactive ketones (excluding diaryl/α,β-unsaturated/α-hetero) is 1. The van der Waals surface area contributed by atoms with Crippen molar-refractivity contribution in [1.29, 1.82) is 0 Å². The summed E-state index contributed by atoms with van der Waals surface area (Å²) < 4.78 is 5.22. The summed E-state index contributed by atoms with van der Waals surface area (Å²) in [6, 6.07) is 9.01. The molecule has 4 heteroatoms. The molecule has 0 saturated carbocycles. The number of methoxy groups -OCH3 is 1. The van der Waals surface area contributed by atoms with Gasteiger partial charge < -0.3 is 14.8 Å². The molecule has 0 radical (unpaired) electrons. The second-order valence-corrected chi connectivity index (χ2v) is 4.17. The largest absolute Gasteiger partial charge is 0.380 e. The van der Waals surface area contributed by atoms with E-state index in [2.05, 4.69) is 5.32 Å². The Morgan fingerprint density at radius 1 is 1.28 bits per heavy atom. The van der Waals surface area contributed by atoms with E-state index in [4.69, 9.17) is 4.74 Å². The summed E-state index contributed by atoms with van der Waals surface area (Å²) in [5.74, 6) is 0.00640. The van der Waals surface area contributed by atoms with Crippen LogP contribution in [0.4, 0.5) is 0 Å². The van der Waals surface area contributed by atoms with Crippen molar-refractivity contribution in [3.05, 3.63) is 35.9 Å². The molecule has 0 bridgehead atoms. The fourth-order valence-electron chi connectivity index (χ4n) is 1.57. The van der Waals surface area contributed by atoms with E-state index in [9.17, 15) is 9.59 Å². The SMILES string of the molecule is COC(CCC(C)=O)CNC(=O)c1ccccc1. The Kier molecular flexibility index (Phi) is 6.08. The molecule has 0 saturated heterocycles. The van der Waals surface area contributed by atoms with Gasteiger partial charge >= 0.3 is 0 Å². The summed E-state index contributed by atoms with van der Waals surface area (Å²) in [6.45, 7) is 1.97. The summed E-state index contributed by atoms with van der Waals surface area (Å²) in [6.07, 6.45) is 0.974. The van der Waals surface area contributed by atoms with Crippen LogP contribution in [-0.2, 0) is 9.53 Å². The number of ketones is 1. The maximum atomic E-state index is 11.8. The minimum atomic E-state index is -0.125. The average molecular weight is 249 g/mol. The van der Waals surface area contributed by atoms with Crippen LogP contribution in [0.15, 0.2) is 30.3 Å². The molecule has 0 aliphatic heterocycles. The molecule has 1 aromatic carbocycles. The number of benzene rings is 1. The lowest BCUT2D eigenvalue weighted by Crippen LogP contribution is -2.33. The summed E-state index contributed by atoms with van der Waals surface area (Å²) in [4.78, 5) is 22.7. The van der Waals surface area contributed by atoms with Gasteiger partial charge in [-0.1, -0.05) is 18.2 Å². The molecule has 0 aromatic heterocycles. The van der Waals surface area contributed by atoms with Crippen molar-refractivity contribution < 1.29 is 14.3 Å². The first-order chi connectivity index (χ1) is 8.63. The van der Waals surface area contributed by atoms with Gasteiger partial charge in [-0.25, -0.2) is 0 Å². The number of rotatable bonds is 7. The first-order valence-corrected chi connectivity index (χ1v) is 5.99. The lowest BCUT2D eigenvalue weighted by atomic mass is 10.1. The fraction of sp³-hybridized carbons (Fsp3) is 0.429. The van der Waals surface area contributed by atoms with E-state index in [1.165, 1.54) is 0 Å². The van der Waals surface area contributed by atoms with Crippen LogP contribution < -0.4 is 5.32 Å². The molecule has 0 heterocycles. The third-order valence-corrected chi connectivity index (χ3v) is 2.68. The zero-order valence-corrected chi connectivity index (χ0v) is 10.8. The van der Waals surface area contributed by atoms with Crippen LogP contribution in [-0.4, -0.2) is 31.4 Å². The van der Waals surface area contributed by atoms with Crippen LogP contribution in [0.2, 0.25) is 0 Å². The molecule has 98 valence electrons. The standard InChI is InChI=1S/C14H19NO3/c1-11(16)8-9-13(18-2)10-15-14(17)12-6-4-3-5-7-12/h3-7,13H,8-10H2,1-2H3,(H,15,17). The molecule has 18 heavy (non-hydrogen) atoms. The van der Waals surface area contributed by atoms with E-state index in [0.29, 0.717) is 24.9 Å².